The lowest BCUT2D eigenvalue weighted by Crippen LogP contribution is -2.59. The first-order valence-corrected chi connectivity index (χ1v) is 14.7. The lowest BCUT2D eigenvalue weighted by molar-refractivity contribution is -0.143. The molecule has 1 saturated heterocycles. The maximum atomic E-state index is 13.6. The highest BCUT2D eigenvalue weighted by atomic mass is 16.4. The molecule has 1 heterocycles. The van der Waals surface area contributed by atoms with Crippen molar-refractivity contribution in [3.8, 4) is 0 Å². The van der Waals surface area contributed by atoms with Crippen LogP contribution in [-0.4, -0.2) is 76.2 Å². The number of amides is 5. The minimum Gasteiger partial charge on any atom is -0.481 e. The highest BCUT2D eigenvalue weighted by Gasteiger charge is 2.38. The van der Waals surface area contributed by atoms with Crippen LogP contribution in [-0.2, 0) is 41.6 Å². The van der Waals surface area contributed by atoms with E-state index in [9.17, 15) is 33.9 Å². The Balaban J connectivity index is 1.79. The molecule has 0 bridgehead atoms. The van der Waals surface area contributed by atoms with E-state index in [1.54, 1.807) is 54.6 Å². The number of primary amides is 1. The van der Waals surface area contributed by atoms with Crippen molar-refractivity contribution in [2.75, 3.05) is 6.54 Å². The van der Waals surface area contributed by atoms with Crippen LogP contribution in [0, 0.1) is 5.92 Å². The number of carboxylic acids is 1. The number of aliphatic carboxylic acids is 1. The molecule has 44 heavy (non-hydrogen) atoms. The van der Waals surface area contributed by atoms with E-state index >= 15 is 0 Å². The van der Waals surface area contributed by atoms with Crippen LogP contribution in [0.1, 0.15) is 50.7 Å². The van der Waals surface area contributed by atoms with Gasteiger partial charge in [-0.25, -0.2) is 0 Å². The first-order valence-electron chi connectivity index (χ1n) is 14.7. The molecule has 1 fully saturated rings. The van der Waals surface area contributed by atoms with Crippen molar-refractivity contribution in [1.82, 2.24) is 20.9 Å². The number of carboxylic acid groups (broad SMARTS) is 1. The predicted octanol–water partition coefficient (Wildman–Crippen LogP) is 0.923. The van der Waals surface area contributed by atoms with Gasteiger partial charge in [-0.1, -0.05) is 74.5 Å². The summed E-state index contributed by atoms with van der Waals surface area (Å²) >= 11 is 0. The smallest absolute Gasteiger partial charge is 0.305 e. The van der Waals surface area contributed by atoms with Crippen molar-refractivity contribution in [2.24, 2.45) is 11.7 Å². The van der Waals surface area contributed by atoms with Gasteiger partial charge in [-0.2, -0.15) is 0 Å². The molecule has 0 spiro atoms. The fourth-order valence-corrected chi connectivity index (χ4v) is 5.23. The zero-order valence-corrected chi connectivity index (χ0v) is 25.0. The average Bonchev–Trinajstić information content (AvgIpc) is 3.47. The molecule has 6 N–H and O–H groups in total. The number of benzene rings is 2. The van der Waals surface area contributed by atoms with Gasteiger partial charge in [-0.05, 0) is 36.3 Å². The average molecular weight is 608 g/mol. The fraction of sp³-hybridized carbons (Fsp3) is 0.438. The summed E-state index contributed by atoms with van der Waals surface area (Å²) in [5.74, 6) is -4.56. The minimum absolute atomic E-state index is 0.0129. The summed E-state index contributed by atoms with van der Waals surface area (Å²) in [6.07, 6.45) is 0.547. The highest BCUT2D eigenvalue weighted by molar-refractivity contribution is 5.97. The molecule has 1 aliphatic rings. The van der Waals surface area contributed by atoms with E-state index in [-0.39, 0.29) is 31.7 Å². The summed E-state index contributed by atoms with van der Waals surface area (Å²) in [5, 5.41) is 17.4. The Morgan fingerprint density at radius 2 is 1.41 bits per heavy atom. The highest BCUT2D eigenvalue weighted by Crippen LogP contribution is 2.19. The molecule has 4 atom stereocenters. The third-order valence-electron chi connectivity index (χ3n) is 7.34. The lowest BCUT2D eigenvalue weighted by atomic mass is 10.0. The Hall–Kier alpha value is -4.74. The number of nitrogens with two attached hydrogens (primary N) is 1. The zero-order chi connectivity index (χ0) is 32.2. The van der Waals surface area contributed by atoms with Crippen LogP contribution in [0.25, 0.3) is 0 Å². The number of rotatable bonds is 15. The van der Waals surface area contributed by atoms with Crippen molar-refractivity contribution in [1.29, 1.82) is 0 Å². The Bertz CT molecular complexity index is 1320. The summed E-state index contributed by atoms with van der Waals surface area (Å²) in [5.41, 5.74) is 6.99. The molecule has 1 unspecified atom stereocenters. The molecule has 12 heteroatoms. The molecule has 12 nitrogen and oxygen atoms in total. The van der Waals surface area contributed by atoms with E-state index in [0.29, 0.717) is 12.8 Å². The fourth-order valence-electron chi connectivity index (χ4n) is 5.23. The molecular weight excluding hydrogens is 566 g/mol. The number of nitrogens with one attached hydrogen (secondary N) is 3. The summed E-state index contributed by atoms with van der Waals surface area (Å²) in [6.45, 7) is 4.01. The summed E-state index contributed by atoms with van der Waals surface area (Å²) in [6, 6.07) is 13.3. The van der Waals surface area contributed by atoms with Gasteiger partial charge >= 0.3 is 5.97 Å². The van der Waals surface area contributed by atoms with Crippen molar-refractivity contribution < 1.29 is 33.9 Å². The van der Waals surface area contributed by atoms with Gasteiger partial charge in [0.15, 0.2) is 0 Å². The molecule has 2 aromatic carbocycles. The second-order valence-corrected chi connectivity index (χ2v) is 11.4. The van der Waals surface area contributed by atoms with Crippen LogP contribution in [0.5, 0.6) is 0 Å². The molecule has 5 amide bonds. The quantitative estimate of drug-likeness (QED) is 0.199. The zero-order valence-electron chi connectivity index (χ0n) is 25.0. The van der Waals surface area contributed by atoms with Crippen LogP contribution in [0.3, 0.4) is 0 Å². The van der Waals surface area contributed by atoms with E-state index < -0.39 is 66.1 Å². The van der Waals surface area contributed by atoms with E-state index in [2.05, 4.69) is 16.0 Å². The number of carbonyl (C=O) groups excluding carboxylic acids is 5. The first-order chi connectivity index (χ1) is 20.9. The second-order valence-electron chi connectivity index (χ2n) is 11.4. The summed E-state index contributed by atoms with van der Waals surface area (Å²) in [4.78, 5) is 78.3. The monoisotopic (exact) mass is 607 g/mol. The molecule has 0 radical (unpaired) electrons. The summed E-state index contributed by atoms with van der Waals surface area (Å²) in [7, 11) is 0. The number of carbonyl (C=O) groups is 6. The van der Waals surface area contributed by atoms with E-state index in [4.69, 9.17) is 5.73 Å². The van der Waals surface area contributed by atoms with Crippen LogP contribution >= 0.6 is 0 Å². The number of nitrogens with zero attached hydrogens (tertiary/aromatic N) is 1. The van der Waals surface area contributed by atoms with Gasteiger partial charge in [-0.15, -0.1) is 0 Å². The molecule has 1 aliphatic heterocycles. The second kappa shape index (κ2) is 16.2. The van der Waals surface area contributed by atoms with Crippen molar-refractivity contribution in [3.05, 3.63) is 71.8 Å². The van der Waals surface area contributed by atoms with E-state index in [0.717, 1.165) is 11.1 Å². The van der Waals surface area contributed by atoms with Crippen LogP contribution in [0.4, 0.5) is 0 Å². The molecule has 0 aliphatic carbocycles. The molecule has 2 aromatic rings. The number of likely N-dealkylation sites (tertiary alicyclic amines) is 1. The standard InChI is InChI=1S/C32H41N5O7/c1-20(2)16-23(34-27(38)18-22-12-7-4-8-13-22)30(42)35-24(19-28(39)40)31(43)36-25(17-21-10-5-3-6-11-21)32(44)37-15-9-14-26(37)29(33)41/h3-8,10-13,20,23-26H,9,14-19H2,1-2H3,(H2,33,41)(H,34,38)(H,35,42)(H,36,43)(H,39,40)/t23-,24?,25-,26+/m0/s1. The Labute approximate surface area is 256 Å². The van der Waals surface area contributed by atoms with Gasteiger partial charge < -0.3 is 31.7 Å². The Morgan fingerprint density at radius 3 is 1.98 bits per heavy atom. The maximum Gasteiger partial charge on any atom is 0.305 e. The third-order valence-corrected chi connectivity index (χ3v) is 7.34. The molecule has 0 saturated carbocycles. The Kier molecular flexibility index (Phi) is 12.4. The normalized spacial score (nSPS) is 16.4. The van der Waals surface area contributed by atoms with Crippen molar-refractivity contribution >= 4 is 35.5 Å². The number of hydrogen-bond acceptors (Lipinski definition) is 6. The topological polar surface area (TPSA) is 188 Å². The van der Waals surface area contributed by atoms with Crippen LogP contribution < -0.4 is 21.7 Å². The van der Waals surface area contributed by atoms with Crippen LogP contribution in [0.2, 0.25) is 0 Å². The lowest BCUT2D eigenvalue weighted by Gasteiger charge is -2.29. The Morgan fingerprint density at radius 1 is 0.841 bits per heavy atom. The van der Waals surface area contributed by atoms with E-state index in [1.807, 2.05) is 19.9 Å². The third kappa shape index (κ3) is 10.2. The molecule has 236 valence electrons. The molecule has 0 aromatic heterocycles. The SMILES string of the molecule is CC(C)C[C@H](NC(=O)Cc1ccccc1)C(=O)NC(CC(=O)O)C(=O)N[C@@H](Cc1ccccc1)C(=O)N1CCC[C@@H]1C(N)=O. The largest absolute Gasteiger partial charge is 0.481 e. The van der Waals surface area contributed by atoms with Crippen molar-refractivity contribution in [3.63, 3.8) is 0 Å². The molecule has 3 rings (SSSR count). The van der Waals surface area contributed by atoms with Gasteiger partial charge in [0, 0.05) is 13.0 Å². The van der Waals surface area contributed by atoms with Crippen molar-refractivity contribution in [2.45, 2.75) is 76.5 Å². The van der Waals surface area contributed by atoms with Gasteiger partial charge in [0.05, 0.1) is 12.8 Å². The summed E-state index contributed by atoms with van der Waals surface area (Å²) < 4.78 is 0. The first kappa shape index (κ1) is 33.8. The maximum absolute atomic E-state index is 13.6. The van der Waals surface area contributed by atoms with E-state index in [1.165, 1.54) is 4.90 Å². The van der Waals surface area contributed by atoms with Gasteiger partial charge in [0.2, 0.25) is 29.5 Å². The minimum atomic E-state index is -1.54. The van der Waals surface area contributed by atoms with Crippen LogP contribution in [0.15, 0.2) is 60.7 Å². The van der Waals surface area contributed by atoms with Gasteiger partial charge in [0.25, 0.3) is 0 Å². The predicted molar refractivity (Wildman–Crippen MR) is 162 cm³/mol. The number of hydrogen-bond donors (Lipinski definition) is 5. The molecular formula is C32H41N5O7. The van der Waals surface area contributed by atoms with Gasteiger partial charge in [-0.3, -0.25) is 28.8 Å². The van der Waals surface area contributed by atoms with Gasteiger partial charge in [0.1, 0.15) is 24.2 Å².